The number of rotatable bonds is 6. The number of methoxy groups -OCH3 is 1. The summed E-state index contributed by atoms with van der Waals surface area (Å²) in [5.41, 5.74) is 1.22. The normalized spacial score (nSPS) is 10.5. The van der Waals surface area contributed by atoms with Crippen molar-refractivity contribution < 1.29 is 14.3 Å². The molecule has 0 unspecified atom stereocenters. The number of thiophene rings is 1. The zero-order valence-corrected chi connectivity index (χ0v) is 15.5. The van der Waals surface area contributed by atoms with Crippen LogP contribution in [-0.4, -0.2) is 36.9 Å². The molecular formula is C20H20N2O3S. The Morgan fingerprint density at radius 3 is 2.62 bits per heavy atom. The fourth-order valence-corrected chi connectivity index (χ4v) is 3.69. The molecule has 134 valence electrons. The van der Waals surface area contributed by atoms with E-state index in [0.717, 1.165) is 10.1 Å². The van der Waals surface area contributed by atoms with Gasteiger partial charge in [-0.25, -0.2) is 0 Å². The predicted octanol–water partition coefficient (Wildman–Crippen LogP) is 4.01. The number of fused-ring (bicyclic) bond motifs is 1. The quantitative estimate of drug-likeness (QED) is 0.715. The topological polar surface area (TPSA) is 58.6 Å². The van der Waals surface area contributed by atoms with Gasteiger partial charge in [0.15, 0.2) is 0 Å². The molecular weight excluding hydrogens is 348 g/mol. The van der Waals surface area contributed by atoms with Crippen LogP contribution in [0.5, 0.6) is 5.75 Å². The molecule has 1 N–H and O–H groups in total. The highest BCUT2D eigenvalue weighted by Gasteiger charge is 2.20. The Hall–Kier alpha value is -2.86. The van der Waals surface area contributed by atoms with Crippen molar-refractivity contribution in [2.45, 2.75) is 6.92 Å². The smallest absolute Gasteiger partial charge is 0.255 e. The summed E-state index contributed by atoms with van der Waals surface area (Å²) < 4.78 is 6.30. The summed E-state index contributed by atoms with van der Waals surface area (Å²) in [7, 11) is 1.55. The second-order valence-electron chi connectivity index (χ2n) is 5.71. The van der Waals surface area contributed by atoms with Gasteiger partial charge in [-0.3, -0.25) is 9.59 Å². The number of anilines is 1. The number of carbonyl (C=O) groups excluding carboxylic acids is 2. The van der Waals surface area contributed by atoms with Crippen molar-refractivity contribution in [3.05, 3.63) is 59.5 Å². The van der Waals surface area contributed by atoms with E-state index in [1.54, 1.807) is 24.1 Å². The van der Waals surface area contributed by atoms with E-state index in [2.05, 4.69) is 5.32 Å². The molecule has 0 fully saturated rings. The first-order valence-corrected chi connectivity index (χ1v) is 9.20. The zero-order valence-electron chi connectivity index (χ0n) is 14.7. The van der Waals surface area contributed by atoms with Crippen LogP contribution in [0.3, 0.4) is 0 Å². The second kappa shape index (κ2) is 8.01. The van der Waals surface area contributed by atoms with E-state index in [9.17, 15) is 9.59 Å². The third kappa shape index (κ3) is 3.70. The molecule has 0 saturated carbocycles. The minimum atomic E-state index is -0.260. The first kappa shape index (κ1) is 17.9. The Bertz CT molecular complexity index is 935. The van der Waals surface area contributed by atoms with Crippen molar-refractivity contribution in [3.8, 4) is 5.75 Å². The highest BCUT2D eigenvalue weighted by Crippen LogP contribution is 2.27. The maximum atomic E-state index is 12.9. The number of likely N-dealkylation sites (N-methyl/N-ethyl adjacent to an activating group) is 1. The van der Waals surface area contributed by atoms with Gasteiger partial charge in [0.2, 0.25) is 5.91 Å². The fraction of sp³-hybridized carbons (Fsp3) is 0.200. The molecule has 26 heavy (non-hydrogen) atoms. The molecule has 1 heterocycles. The lowest BCUT2D eigenvalue weighted by atomic mass is 10.1. The van der Waals surface area contributed by atoms with Crippen LogP contribution < -0.4 is 10.1 Å². The monoisotopic (exact) mass is 368 g/mol. The number of hydrogen-bond donors (Lipinski definition) is 1. The van der Waals surface area contributed by atoms with Crippen LogP contribution in [0.1, 0.15) is 17.3 Å². The highest BCUT2D eigenvalue weighted by atomic mass is 32.1. The maximum absolute atomic E-state index is 12.9. The van der Waals surface area contributed by atoms with Crippen molar-refractivity contribution in [2.75, 3.05) is 25.5 Å². The van der Waals surface area contributed by atoms with Gasteiger partial charge in [0.25, 0.3) is 5.91 Å². The number of benzene rings is 2. The molecule has 0 atom stereocenters. The first-order valence-electron chi connectivity index (χ1n) is 8.32. The van der Waals surface area contributed by atoms with E-state index in [1.807, 2.05) is 48.7 Å². The summed E-state index contributed by atoms with van der Waals surface area (Å²) >= 11 is 1.53. The van der Waals surface area contributed by atoms with Gasteiger partial charge >= 0.3 is 0 Å². The number of hydrogen-bond acceptors (Lipinski definition) is 4. The summed E-state index contributed by atoms with van der Waals surface area (Å²) in [4.78, 5) is 26.9. The number of para-hydroxylation sites is 2. The molecule has 2 aromatic carbocycles. The minimum absolute atomic E-state index is 0.0163. The number of carbonyl (C=O) groups is 2. The summed E-state index contributed by atoms with van der Waals surface area (Å²) in [5, 5.41) is 5.59. The van der Waals surface area contributed by atoms with Crippen LogP contribution in [0.2, 0.25) is 0 Å². The van der Waals surface area contributed by atoms with Gasteiger partial charge in [-0.05, 0) is 25.1 Å². The second-order valence-corrected chi connectivity index (χ2v) is 6.62. The standard InChI is InChI=1S/C20H20N2O3S/c1-3-22(12-19(23)21-16-9-5-6-10-17(16)25-2)20(24)15-13-26-18-11-7-4-8-14(15)18/h4-11,13H,3,12H2,1-2H3,(H,21,23). The number of nitrogens with one attached hydrogen (secondary N) is 1. The van der Waals surface area contributed by atoms with Crippen LogP contribution in [0.25, 0.3) is 10.1 Å². The molecule has 1 aromatic heterocycles. The van der Waals surface area contributed by atoms with Crippen molar-refractivity contribution in [3.63, 3.8) is 0 Å². The van der Waals surface area contributed by atoms with Gasteiger partial charge in [-0.2, -0.15) is 0 Å². The van der Waals surface area contributed by atoms with Gasteiger partial charge in [0, 0.05) is 22.0 Å². The molecule has 0 aliphatic carbocycles. The maximum Gasteiger partial charge on any atom is 0.255 e. The van der Waals surface area contributed by atoms with E-state index >= 15 is 0 Å². The average molecular weight is 368 g/mol. The molecule has 6 heteroatoms. The highest BCUT2D eigenvalue weighted by molar-refractivity contribution is 7.17. The fourth-order valence-electron chi connectivity index (χ4n) is 2.75. The molecule has 0 aliphatic heterocycles. The van der Waals surface area contributed by atoms with E-state index in [0.29, 0.717) is 23.5 Å². The Labute approximate surface area is 156 Å². The summed E-state index contributed by atoms with van der Waals surface area (Å²) in [6.45, 7) is 2.29. The number of ether oxygens (including phenoxy) is 1. The molecule has 3 rings (SSSR count). The molecule has 0 bridgehead atoms. The van der Waals surface area contributed by atoms with Crippen LogP contribution in [0.15, 0.2) is 53.9 Å². The average Bonchev–Trinajstić information content (AvgIpc) is 3.10. The van der Waals surface area contributed by atoms with Gasteiger partial charge in [0.05, 0.1) is 18.4 Å². The number of amides is 2. The summed E-state index contributed by atoms with van der Waals surface area (Å²) in [6.07, 6.45) is 0. The molecule has 0 radical (unpaired) electrons. The zero-order chi connectivity index (χ0) is 18.5. The summed E-state index contributed by atoms with van der Waals surface area (Å²) in [6, 6.07) is 15.0. The Kier molecular flexibility index (Phi) is 5.53. The van der Waals surface area contributed by atoms with Gasteiger partial charge < -0.3 is 15.0 Å². The van der Waals surface area contributed by atoms with E-state index in [-0.39, 0.29) is 18.4 Å². The van der Waals surface area contributed by atoms with Gasteiger partial charge in [-0.1, -0.05) is 30.3 Å². The molecule has 0 aliphatic rings. The van der Waals surface area contributed by atoms with Crippen molar-refractivity contribution in [1.29, 1.82) is 0 Å². The molecule has 3 aromatic rings. The van der Waals surface area contributed by atoms with E-state index in [4.69, 9.17) is 4.74 Å². The lowest BCUT2D eigenvalue weighted by molar-refractivity contribution is -0.116. The predicted molar refractivity (Wildman–Crippen MR) is 105 cm³/mol. The van der Waals surface area contributed by atoms with Gasteiger partial charge in [0.1, 0.15) is 12.3 Å². The van der Waals surface area contributed by atoms with Gasteiger partial charge in [-0.15, -0.1) is 11.3 Å². The lowest BCUT2D eigenvalue weighted by Crippen LogP contribution is -2.37. The molecule has 2 amide bonds. The van der Waals surface area contributed by atoms with Crippen molar-refractivity contribution in [1.82, 2.24) is 4.90 Å². The van der Waals surface area contributed by atoms with E-state index < -0.39 is 0 Å². The van der Waals surface area contributed by atoms with Crippen LogP contribution in [0.4, 0.5) is 5.69 Å². The van der Waals surface area contributed by atoms with E-state index in [1.165, 1.54) is 11.3 Å². The lowest BCUT2D eigenvalue weighted by Gasteiger charge is -2.20. The first-order chi connectivity index (χ1) is 12.6. The van der Waals surface area contributed by atoms with Crippen molar-refractivity contribution >= 4 is 38.9 Å². The Morgan fingerprint density at radius 1 is 1.12 bits per heavy atom. The Balaban J connectivity index is 1.74. The minimum Gasteiger partial charge on any atom is -0.495 e. The third-order valence-electron chi connectivity index (χ3n) is 4.10. The third-order valence-corrected chi connectivity index (χ3v) is 5.06. The van der Waals surface area contributed by atoms with Crippen molar-refractivity contribution in [2.24, 2.45) is 0 Å². The largest absolute Gasteiger partial charge is 0.495 e. The molecule has 0 spiro atoms. The van der Waals surface area contributed by atoms with Crippen LogP contribution in [-0.2, 0) is 4.79 Å². The Morgan fingerprint density at radius 2 is 1.85 bits per heavy atom. The van der Waals surface area contributed by atoms with Crippen LogP contribution in [0, 0.1) is 0 Å². The molecule has 5 nitrogen and oxygen atoms in total. The van der Waals surface area contributed by atoms with Crippen LogP contribution >= 0.6 is 11.3 Å². The number of nitrogens with zero attached hydrogens (tertiary/aromatic N) is 1. The summed E-state index contributed by atoms with van der Waals surface area (Å²) in [5.74, 6) is 0.184. The SMILES string of the molecule is CCN(CC(=O)Nc1ccccc1OC)C(=O)c1csc2ccccc12. The molecule has 0 saturated heterocycles.